The Hall–Kier alpha value is -2.37. The van der Waals surface area contributed by atoms with Crippen LogP contribution in [0.2, 0.25) is 0 Å². The van der Waals surface area contributed by atoms with Gasteiger partial charge in [0, 0.05) is 18.2 Å². The average molecular weight is 266 g/mol. The van der Waals surface area contributed by atoms with Gasteiger partial charge < -0.3 is 5.73 Å². The van der Waals surface area contributed by atoms with E-state index in [1.165, 1.54) is 6.20 Å². The van der Waals surface area contributed by atoms with Crippen LogP contribution in [0.3, 0.4) is 0 Å². The molecular weight excluding hydrogens is 257 g/mol. The fraction of sp³-hybridized carbons (Fsp3) is 0.0769. The first-order chi connectivity index (χ1) is 9.00. The molecule has 98 valence electrons. The lowest BCUT2D eigenvalue weighted by molar-refractivity contribution is 0.0988. The minimum absolute atomic E-state index is 0.138. The van der Waals surface area contributed by atoms with E-state index in [1.807, 2.05) is 0 Å². The van der Waals surface area contributed by atoms with Crippen molar-refractivity contribution in [2.24, 2.45) is 0 Å². The molecule has 0 bridgehead atoms. The Balaban J connectivity index is 2.31. The lowest BCUT2D eigenvalue weighted by Gasteiger charge is -2.05. The number of anilines is 1. The third kappa shape index (κ3) is 2.57. The molecule has 0 amide bonds. The van der Waals surface area contributed by atoms with Crippen molar-refractivity contribution in [3.63, 3.8) is 0 Å². The van der Waals surface area contributed by atoms with E-state index in [4.69, 9.17) is 5.73 Å². The maximum atomic E-state index is 13.4. The van der Waals surface area contributed by atoms with Gasteiger partial charge in [-0.25, -0.2) is 18.2 Å². The van der Waals surface area contributed by atoms with Crippen LogP contribution in [-0.2, 0) is 6.42 Å². The summed E-state index contributed by atoms with van der Waals surface area (Å²) in [6.07, 6.45) is 1.21. The van der Waals surface area contributed by atoms with E-state index in [-0.39, 0.29) is 12.2 Å². The van der Waals surface area contributed by atoms with Crippen LogP contribution < -0.4 is 5.73 Å². The average Bonchev–Trinajstić information content (AvgIpc) is 2.39. The Morgan fingerprint density at radius 3 is 2.58 bits per heavy atom. The van der Waals surface area contributed by atoms with Crippen LogP contribution in [0.25, 0.3) is 0 Å². The highest BCUT2D eigenvalue weighted by Gasteiger charge is 2.19. The van der Waals surface area contributed by atoms with Gasteiger partial charge in [0.1, 0.15) is 5.82 Å². The number of carbonyl (C=O) groups excluding carboxylic acids is 1. The molecule has 1 heterocycles. The van der Waals surface area contributed by atoms with Gasteiger partial charge in [0.2, 0.25) is 0 Å². The molecule has 2 N–H and O–H groups in total. The molecule has 0 aliphatic carbocycles. The van der Waals surface area contributed by atoms with Crippen LogP contribution in [0.5, 0.6) is 0 Å². The van der Waals surface area contributed by atoms with Crippen molar-refractivity contribution in [1.29, 1.82) is 0 Å². The van der Waals surface area contributed by atoms with Crippen LogP contribution in [0.15, 0.2) is 30.5 Å². The fourth-order valence-electron chi connectivity index (χ4n) is 1.61. The molecule has 3 nitrogen and oxygen atoms in total. The van der Waals surface area contributed by atoms with Crippen LogP contribution in [0.1, 0.15) is 15.9 Å². The number of halogens is 3. The second kappa shape index (κ2) is 5.09. The number of nitrogen functional groups attached to an aromatic ring is 1. The van der Waals surface area contributed by atoms with E-state index in [9.17, 15) is 18.0 Å². The van der Waals surface area contributed by atoms with Crippen molar-refractivity contribution in [2.75, 3.05) is 5.73 Å². The van der Waals surface area contributed by atoms with Crippen molar-refractivity contribution in [3.05, 3.63) is 59.0 Å². The predicted molar refractivity (Wildman–Crippen MR) is 63.0 cm³/mol. The summed E-state index contributed by atoms with van der Waals surface area (Å²) in [5.41, 5.74) is 5.44. The fourth-order valence-corrected chi connectivity index (χ4v) is 1.61. The molecule has 0 spiro atoms. The zero-order valence-electron chi connectivity index (χ0n) is 9.66. The molecular formula is C13H9F3N2O. The van der Waals surface area contributed by atoms with Gasteiger partial charge in [0.05, 0.1) is 5.56 Å². The third-order valence-electron chi connectivity index (χ3n) is 2.61. The summed E-state index contributed by atoms with van der Waals surface area (Å²) in [6.45, 7) is 0. The van der Waals surface area contributed by atoms with E-state index >= 15 is 0 Å². The summed E-state index contributed by atoms with van der Waals surface area (Å²) >= 11 is 0. The molecule has 1 aromatic carbocycles. The number of ketones is 1. The van der Waals surface area contributed by atoms with Crippen LogP contribution >= 0.6 is 0 Å². The summed E-state index contributed by atoms with van der Waals surface area (Å²) in [6, 6.07) is 4.74. The maximum Gasteiger partial charge on any atom is 0.195 e. The SMILES string of the molecule is Nc1ncccc1CC(=O)c1ccc(F)c(F)c1F. The first-order valence-electron chi connectivity index (χ1n) is 5.36. The lowest BCUT2D eigenvalue weighted by atomic mass is 10.0. The van der Waals surface area contributed by atoms with Gasteiger partial charge in [-0.15, -0.1) is 0 Å². The Kier molecular flexibility index (Phi) is 3.50. The van der Waals surface area contributed by atoms with E-state index in [1.54, 1.807) is 12.1 Å². The highest BCUT2D eigenvalue weighted by atomic mass is 19.2. The quantitative estimate of drug-likeness (QED) is 0.686. The summed E-state index contributed by atoms with van der Waals surface area (Å²) in [7, 11) is 0. The zero-order chi connectivity index (χ0) is 14.0. The molecule has 0 aliphatic heterocycles. The summed E-state index contributed by atoms with van der Waals surface area (Å²) in [5.74, 6) is -5.05. The van der Waals surface area contributed by atoms with Crippen molar-refractivity contribution in [1.82, 2.24) is 4.98 Å². The summed E-state index contributed by atoms with van der Waals surface area (Å²) in [5, 5.41) is 0. The summed E-state index contributed by atoms with van der Waals surface area (Å²) < 4.78 is 39.2. The lowest BCUT2D eigenvalue weighted by Crippen LogP contribution is -2.10. The van der Waals surface area contributed by atoms with Gasteiger partial charge in [-0.1, -0.05) is 6.07 Å². The second-order valence-corrected chi connectivity index (χ2v) is 3.87. The van der Waals surface area contributed by atoms with Gasteiger partial charge in [-0.3, -0.25) is 4.79 Å². The molecule has 0 radical (unpaired) electrons. The molecule has 19 heavy (non-hydrogen) atoms. The number of hydrogen-bond acceptors (Lipinski definition) is 3. The molecule has 0 unspecified atom stereocenters. The Labute approximate surface area is 106 Å². The van der Waals surface area contributed by atoms with Gasteiger partial charge in [0.25, 0.3) is 0 Å². The second-order valence-electron chi connectivity index (χ2n) is 3.87. The number of carbonyl (C=O) groups is 1. The predicted octanol–water partition coefficient (Wildman–Crippen LogP) is 2.51. The van der Waals surface area contributed by atoms with E-state index in [2.05, 4.69) is 4.98 Å². The zero-order valence-corrected chi connectivity index (χ0v) is 9.66. The molecule has 0 atom stereocenters. The minimum atomic E-state index is -1.66. The number of nitrogens with two attached hydrogens (primary N) is 1. The van der Waals surface area contributed by atoms with E-state index < -0.39 is 28.8 Å². The number of aromatic nitrogens is 1. The van der Waals surface area contributed by atoms with E-state index in [0.29, 0.717) is 11.6 Å². The van der Waals surface area contributed by atoms with Gasteiger partial charge >= 0.3 is 0 Å². The molecule has 2 rings (SSSR count). The first kappa shape index (κ1) is 13.1. The third-order valence-corrected chi connectivity index (χ3v) is 2.61. The summed E-state index contributed by atoms with van der Waals surface area (Å²) in [4.78, 5) is 15.6. The molecule has 2 aromatic rings. The number of hydrogen-bond donors (Lipinski definition) is 1. The normalized spacial score (nSPS) is 10.5. The molecule has 6 heteroatoms. The number of pyridine rings is 1. The van der Waals surface area contributed by atoms with Gasteiger partial charge in [0.15, 0.2) is 23.2 Å². The molecule has 1 aromatic heterocycles. The molecule has 0 fully saturated rings. The van der Waals surface area contributed by atoms with Crippen molar-refractivity contribution in [3.8, 4) is 0 Å². The largest absolute Gasteiger partial charge is 0.383 e. The molecule has 0 aliphatic rings. The topological polar surface area (TPSA) is 56.0 Å². The standard InChI is InChI=1S/C13H9F3N2O/c14-9-4-3-8(11(15)12(9)16)10(19)6-7-2-1-5-18-13(7)17/h1-5H,6H2,(H2,17,18). The van der Waals surface area contributed by atoms with Crippen LogP contribution in [-0.4, -0.2) is 10.8 Å². The smallest absolute Gasteiger partial charge is 0.195 e. The maximum absolute atomic E-state index is 13.4. The Morgan fingerprint density at radius 2 is 1.89 bits per heavy atom. The molecule has 0 saturated heterocycles. The van der Waals surface area contributed by atoms with Crippen LogP contribution in [0.4, 0.5) is 19.0 Å². The number of rotatable bonds is 3. The number of benzene rings is 1. The van der Waals surface area contributed by atoms with Crippen LogP contribution in [0, 0.1) is 17.5 Å². The highest BCUT2D eigenvalue weighted by Crippen LogP contribution is 2.18. The molecule has 0 saturated carbocycles. The van der Waals surface area contributed by atoms with Gasteiger partial charge in [-0.05, 0) is 18.2 Å². The first-order valence-corrected chi connectivity index (χ1v) is 5.36. The van der Waals surface area contributed by atoms with E-state index in [0.717, 1.165) is 6.07 Å². The Morgan fingerprint density at radius 1 is 1.16 bits per heavy atom. The van der Waals surface area contributed by atoms with Gasteiger partial charge in [-0.2, -0.15) is 0 Å². The van der Waals surface area contributed by atoms with Crippen molar-refractivity contribution < 1.29 is 18.0 Å². The Bertz CT molecular complexity index is 644. The number of nitrogens with zero attached hydrogens (tertiary/aromatic N) is 1. The highest BCUT2D eigenvalue weighted by molar-refractivity contribution is 5.98. The number of Topliss-reactive ketones (excluding diaryl/α,β-unsaturated/α-hetero) is 1. The van der Waals surface area contributed by atoms with Crippen molar-refractivity contribution >= 4 is 11.6 Å². The van der Waals surface area contributed by atoms with Crippen molar-refractivity contribution in [2.45, 2.75) is 6.42 Å². The monoisotopic (exact) mass is 266 g/mol. The minimum Gasteiger partial charge on any atom is -0.383 e.